The van der Waals surface area contributed by atoms with Gasteiger partial charge in [0.05, 0.1) is 26.9 Å². The van der Waals surface area contributed by atoms with E-state index in [4.69, 9.17) is 23.7 Å². The molecule has 2 saturated heterocycles. The lowest BCUT2D eigenvalue weighted by molar-refractivity contribution is -0.0128. The summed E-state index contributed by atoms with van der Waals surface area (Å²) in [5.74, 6) is 1.75. The molecule has 2 heterocycles. The fourth-order valence-electron chi connectivity index (χ4n) is 5.74. The molecule has 1 aromatic rings. The van der Waals surface area contributed by atoms with Crippen molar-refractivity contribution in [2.75, 3.05) is 66.8 Å². The molecular formula is C30H45N3O7. The van der Waals surface area contributed by atoms with Gasteiger partial charge in [0.2, 0.25) is 0 Å². The van der Waals surface area contributed by atoms with Crippen molar-refractivity contribution in [2.24, 2.45) is 11.8 Å². The summed E-state index contributed by atoms with van der Waals surface area (Å²) in [4.78, 5) is 31.0. The van der Waals surface area contributed by atoms with Crippen LogP contribution in [0.3, 0.4) is 0 Å². The Kier molecular flexibility index (Phi) is 10.0. The molecule has 1 N–H and O–H groups in total. The van der Waals surface area contributed by atoms with E-state index in [1.807, 2.05) is 21.9 Å². The molecule has 2 atom stereocenters. The first-order chi connectivity index (χ1) is 19.6. The third-order valence-corrected chi connectivity index (χ3v) is 8.41. The number of carbonyl (C=O) groups is 2. The van der Waals surface area contributed by atoms with Crippen LogP contribution in [0.1, 0.15) is 55.3 Å². The first kappa shape index (κ1) is 29.0. The van der Waals surface area contributed by atoms with E-state index in [1.54, 1.807) is 20.3 Å². The standard InChI is InChI=1S/C30H45N3O7/c1-36-12-3-13-39-28-16-21(4-9-27(28)37-2)29(34)32(24-5-6-24)19-22-17-31-18-23(22)20-33(25-7-8-25)30(35)40-26-10-14-38-15-11-26/h4,9,16,22-26,31H,3,5-8,10-15,17-20H2,1-2H3. The number of nitrogens with one attached hydrogen (secondary N) is 1. The second kappa shape index (κ2) is 13.9. The monoisotopic (exact) mass is 559 g/mol. The van der Waals surface area contributed by atoms with E-state index in [0.29, 0.717) is 56.6 Å². The zero-order chi connectivity index (χ0) is 27.9. The van der Waals surface area contributed by atoms with Crippen molar-refractivity contribution in [1.29, 1.82) is 0 Å². The van der Waals surface area contributed by atoms with Crippen LogP contribution in [-0.2, 0) is 14.2 Å². The highest BCUT2D eigenvalue weighted by Gasteiger charge is 2.41. The molecule has 4 fully saturated rings. The van der Waals surface area contributed by atoms with Crippen molar-refractivity contribution in [3.8, 4) is 11.5 Å². The molecule has 0 radical (unpaired) electrons. The highest BCUT2D eigenvalue weighted by Crippen LogP contribution is 2.35. The minimum atomic E-state index is -0.188. The normalized spacial score (nSPS) is 23.1. The summed E-state index contributed by atoms with van der Waals surface area (Å²) >= 11 is 0. The van der Waals surface area contributed by atoms with Crippen LogP contribution in [0.25, 0.3) is 0 Å². The van der Waals surface area contributed by atoms with Gasteiger partial charge in [-0.05, 0) is 55.7 Å². The highest BCUT2D eigenvalue weighted by molar-refractivity contribution is 5.95. The summed E-state index contributed by atoms with van der Waals surface area (Å²) in [6, 6.07) is 5.97. The summed E-state index contributed by atoms with van der Waals surface area (Å²) in [7, 11) is 3.27. The minimum absolute atomic E-state index is 0.0236. The van der Waals surface area contributed by atoms with Gasteiger partial charge < -0.3 is 38.8 Å². The second-order valence-corrected chi connectivity index (χ2v) is 11.5. The number of methoxy groups -OCH3 is 2. The molecule has 1 aromatic carbocycles. The lowest BCUT2D eigenvalue weighted by atomic mass is 9.94. The maximum atomic E-state index is 13.8. The van der Waals surface area contributed by atoms with Gasteiger partial charge in [-0.25, -0.2) is 4.79 Å². The zero-order valence-electron chi connectivity index (χ0n) is 24.0. The topological polar surface area (TPSA) is 98.8 Å². The van der Waals surface area contributed by atoms with E-state index in [0.717, 1.165) is 58.0 Å². The molecule has 2 aliphatic carbocycles. The Balaban J connectivity index is 1.23. The van der Waals surface area contributed by atoms with Gasteiger partial charge in [0, 0.05) is 76.8 Å². The smallest absolute Gasteiger partial charge is 0.410 e. The lowest BCUT2D eigenvalue weighted by Crippen LogP contribution is -2.44. The summed E-state index contributed by atoms with van der Waals surface area (Å²) in [5, 5.41) is 3.53. The van der Waals surface area contributed by atoms with Crippen LogP contribution in [0.4, 0.5) is 4.79 Å². The van der Waals surface area contributed by atoms with Gasteiger partial charge in [0.1, 0.15) is 6.10 Å². The quantitative estimate of drug-likeness (QED) is 0.347. The van der Waals surface area contributed by atoms with Crippen molar-refractivity contribution < 1.29 is 33.3 Å². The zero-order valence-corrected chi connectivity index (χ0v) is 24.0. The van der Waals surface area contributed by atoms with Crippen LogP contribution >= 0.6 is 0 Å². The molecule has 2 amide bonds. The summed E-state index contributed by atoms with van der Waals surface area (Å²) in [6.45, 7) is 5.41. The van der Waals surface area contributed by atoms with E-state index in [2.05, 4.69) is 5.32 Å². The molecule has 10 nitrogen and oxygen atoms in total. The number of carbonyl (C=O) groups excluding carboxylic acids is 2. The summed E-state index contributed by atoms with van der Waals surface area (Å²) < 4.78 is 27.8. The van der Waals surface area contributed by atoms with Gasteiger partial charge >= 0.3 is 6.09 Å². The molecule has 40 heavy (non-hydrogen) atoms. The number of ether oxygens (including phenoxy) is 5. The largest absolute Gasteiger partial charge is 0.493 e. The van der Waals surface area contributed by atoms with Crippen LogP contribution in [0.5, 0.6) is 11.5 Å². The van der Waals surface area contributed by atoms with Gasteiger partial charge in [-0.1, -0.05) is 0 Å². The van der Waals surface area contributed by atoms with E-state index in [-0.39, 0.29) is 42.0 Å². The third kappa shape index (κ3) is 7.59. The maximum absolute atomic E-state index is 13.8. The molecule has 5 rings (SSSR count). The molecule has 2 unspecified atom stereocenters. The Morgan fingerprint density at radius 3 is 2.23 bits per heavy atom. The van der Waals surface area contributed by atoms with Crippen LogP contribution in [0.2, 0.25) is 0 Å². The number of rotatable bonds is 14. The Hall–Kier alpha value is -2.56. The SMILES string of the molecule is COCCCOc1cc(C(=O)N(CC2CNCC2CN(C(=O)OC2CCOCC2)C2CC2)C2CC2)ccc1OC. The predicted octanol–water partition coefficient (Wildman–Crippen LogP) is 3.33. The molecule has 0 bridgehead atoms. The van der Waals surface area contributed by atoms with Crippen molar-refractivity contribution in [3.05, 3.63) is 23.8 Å². The average molecular weight is 560 g/mol. The highest BCUT2D eigenvalue weighted by atomic mass is 16.6. The number of hydrogen-bond donors (Lipinski definition) is 1. The molecule has 222 valence electrons. The van der Waals surface area contributed by atoms with Gasteiger partial charge in [0.25, 0.3) is 5.91 Å². The fourth-order valence-corrected chi connectivity index (χ4v) is 5.74. The molecule has 0 aromatic heterocycles. The van der Waals surface area contributed by atoms with Gasteiger partial charge in [-0.2, -0.15) is 0 Å². The Morgan fingerprint density at radius 1 is 0.900 bits per heavy atom. The number of amides is 2. The Morgan fingerprint density at radius 2 is 1.57 bits per heavy atom. The van der Waals surface area contributed by atoms with E-state index < -0.39 is 0 Å². The third-order valence-electron chi connectivity index (χ3n) is 8.41. The van der Waals surface area contributed by atoms with E-state index in [1.165, 1.54) is 0 Å². The van der Waals surface area contributed by atoms with Gasteiger partial charge in [-0.3, -0.25) is 4.79 Å². The van der Waals surface area contributed by atoms with Crippen LogP contribution < -0.4 is 14.8 Å². The van der Waals surface area contributed by atoms with Crippen molar-refractivity contribution in [3.63, 3.8) is 0 Å². The maximum Gasteiger partial charge on any atom is 0.410 e. The number of nitrogens with zero attached hydrogens (tertiary/aromatic N) is 2. The Labute approximate surface area is 237 Å². The van der Waals surface area contributed by atoms with Crippen LogP contribution in [0, 0.1) is 11.8 Å². The van der Waals surface area contributed by atoms with Gasteiger partial charge in [-0.15, -0.1) is 0 Å². The first-order valence-electron chi connectivity index (χ1n) is 14.9. The predicted molar refractivity (Wildman–Crippen MR) is 149 cm³/mol. The molecule has 0 spiro atoms. The second-order valence-electron chi connectivity index (χ2n) is 11.5. The molecule has 10 heteroatoms. The molecule has 2 aliphatic heterocycles. The molecule has 4 aliphatic rings. The van der Waals surface area contributed by atoms with E-state index >= 15 is 0 Å². The molecule has 2 saturated carbocycles. The fraction of sp³-hybridized carbons (Fsp3) is 0.733. The van der Waals surface area contributed by atoms with Crippen LogP contribution in [0.15, 0.2) is 18.2 Å². The van der Waals surface area contributed by atoms with Crippen molar-refractivity contribution in [1.82, 2.24) is 15.1 Å². The summed E-state index contributed by atoms with van der Waals surface area (Å²) in [6.07, 6.45) is 6.16. The average Bonchev–Trinajstić information content (AvgIpc) is 3.92. The number of benzene rings is 1. The molecular weight excluding hydrogens is 514 g/mol. The van der Waals surface area contributed by atoms with Crippen molar-refractivity contribution in [2.45, 2.75) is 63.1 Å². The summed E-state index contributed by atoms with van der Waals surface area (Å²) in [5.41, 5.74) is 0.608. The Bertz CT molecular complexity index is 994. The van der Waals surface area contributed by atoms with E-state index in [9.17, 15) is 9.59 Å². The lowest BCUT2D eigenvalue weighted by Gasteiger charge is -2.32. The van der Waals surface area contributed by atoms with Gasteiger partial charge in [0.15, 0.2) is 11.5 Å². The first-order valence-corrected chi connectivity index (χ1v) is 14.9. The number of hydrogen-bond acceptors (Lipinski definition) is 8. The van der Waals surface area contributed by atoms with Crippen LogP contribution in [-0.4, -0.2) is 107 Å². The van der Waals surface area contributed by atoms with Crippen molar-refractivity contribution >= 4 is 12.0 Å². The minimum Gasteiger partial charge on any atom is -0.493 e.